The van der Waals surface area contributed by atoms with Crippen molar-refractivity contribution >= 4 is 17.5 Å². The van der Waals surface area contributed by atoms with Crippen LogP contribution in [0.3, 0.4) is 0 Å². The van der Waals surface area contributed by atoms with Crippen LogP contribution in [0.5, 0.6) is 11.8 Å². The Bertz CT molecular complexity index is 1050. The van der Waals surface area contributed by atoms with E-state index in [1.165, 1.54) is 12.8 Å². The number of ether oxygens (including phenoxy) is 1. The molecule has 1 saturated heterocycles. The molecule has 2 fully saturated rings. The van der Waals surface area contributed by atoms with Crippen molar-refractivity contribution in [2.45, 2.75) is 39.3 Å². The van der Waals surface area contributed by atoms with Crippen molar-refractivity contribution in [3.8, 4) is 17.7 Å². The van der Waals surface area contributed by atoms with E-state index >= 15 is 0 Å². The van der Waals surface area contributed by atoms with Crippen LogP contribution in [-0.2, 0) is 6.54 Å². The predicted molar refractivity (Wildman–Crippen MR) is 115 cm³/mol. The highest BCUT2D eigenvalue weighted by molar-refractivity contribution is 6.30. The van der Waals surface area contributed by atoms with E-state index in [1.807, 2.05) is 42.8 Å². The van der Waals surface area contributed by atoms with E-state index in [1.54, 1.807) is 10.7 Å². The number of hydrogen-bond acceptors (Lipinski definition) is 6. The first-order valence-electron chi connectivity index (χ1n) is 10.5. The van der Waals surface area contributed by atoms with Crippen molar-refractivity contribution in [2.75, 3.05) is 18.0 Å². The van der Waals surface area contributed by atoms with Gasteiger partial charge in [-0.15, -0.1) is 5.10 Å². The SMILES string of the molecule is CCn1nc(-n2c(C)cnc2N2CC3CCC(C2)C3N)nc1Oc1cccc(Cl)c1. The van der Waals surface area contributed by atoms with Gasteiger partial charge in [0.2, 0.25) is 5.95 Å². The Balaban J connectivity index is 1.48. The van der Waals surface area contributed by atoms with Crippen molar-refractivity contribution in [2.24, 2.45) is 17.6 Å². The molecule has 0 radical (unpaired) electrons. The molecule has 1 saturated carbocycles. The van der Waals surface area contributed by atoms with E-state index in [4.69, 9.17) is 37.1 Å². The highest BCUT2D eigenvalue weighted by Gasteiger charge is 2.41. The minimum atomic E-state index is 0.306. The van der Waals surface area contributed by atoms with Gasteiger partial charge >= 0.3 is 6.01 Å². The number of nitrogens with two attached hydrogens (primary N) is 1. The molecule has 2 atom stereocenters. The number of nitrogens with zero attached hydrogens (tertiary/aromatic N) is 6. The van der Waals surface area contributed by atoms with Gasteiger partial charge in [0, 0.05) is 36.4 Å². The van der Waals surface area contributed by atoms with Crippen LogP contribution in [0.25, 0.3) is 5.95 Å². The molecular weight excluding hydrogens is 402 g/mol. The topological polar surface area (TPSA) is 87.0 Å². The summed E-state index contributed by atoms with van der Waals surface area (Å²) in [6, 6.07) is 8.00. The normalized spacial score (nSPS) is 23.2. The first-order chi connectivity index (χ1) is 14.5. The summed E-state index contributed by atoms with van der Waals surface area (Å²) in [5.74, 6) is 3.11. The third-order valence-electron chi connectivity index (χ3n) is 6.24. The fourth-order valence-corrected chi connectivity index (χ4v) is 4.83. The molecule has 0 amide bonds. The summed E-state index contributed by atoms with van der Waals surface area (Å²) in [6.45, 7) is 6.51. The van der Waals surface area contributed by atoms with E-state index in [2.05, 4.69) is 4.90 Å². The molecule has 1 aliphatic heterocycles. The molecule has 2 bridgehead atoms. The molecule has 2 aliphatic rings. The standard InChI is InChI=1S/C21H26ClN7O/c1-3-28-21(30-17-6-4-5-16(22)9-17)25-19(26-28)29-13(2)10-24-20(29)27-11-14-7-8-15(12-27)18(14)23/h4-6,9-10,14-15,18H,3,7-8,11-12,23H2,1-2H3. The smallest absolute Gasteiger partial charge is 0.322 e. The first-order valence-corrected chi connectivity index (χ1v) is 10.8. The number of halogens is 1. The Labute approximate surface area is 180 Å². The van der Waals surface area contributed by atoms with Gasteiger partial charge in [0.25, 0.3) is 5.95 Å². The van der Waals surface area contributed by atoms with Crippen molar-refractivity contribution in [3.63, 3.8) is 0 Å². The summed E-state index contributed by atoms with van der Waals surface area (Å²) in [5, 5.41) is 5.31. The van der Waals surface area contributed by atoms with Gasteiger partial charge in [0.15, 0.2) is 0 Å². The zero-order valence-electron chi connectivity index (χ0n) is 17.2. The van der Waals surface area contributed by atoms with Gasteiger partial charge < -0.3 is 15.4 Å². The van der Waals surface area contributed by atoms with Gasteiger partial charge in [-0.05, 0) is 56.7 Å². The number of imidazole rings is 1. The van der Waals surface area contributed by atoms with E-state index < -0.39 is 0 Å². The van der Waals surface area contributed by atoms with Crippen LogP contribution in [-0.4, -0.2) is 43.4 Å². The maximum Gasteiger partial charge on any atom is 0.322 e. The highest BCUT2D eigenvalue weighted by atomic mass is 35.5. The van der Waals surface area contributed by atoms with E-state index in [0.29, 0.717) is 47.2 Å². The second kappa shape index (κ2) is 7.59. The number of aryl methyl sites for hydroxylation is 2. The van der Waals surface area contributed by atoms with Crippen LogP contribution in [0.1, 0.15) is 25.5 Å². The molecule has 2 N–H and O–H groups in total. The lowest BCUT2D eigenvalue weighted by molar-refractivity contribution is 0.352. The van der Waals surface area contributed by atoms with Crippen LogP contribution in [0.4, 0.5) is 5.95 Å². The van der Waals surface area contributed by atoms with Crippen LogP contribution in [0.15, 0.2) is 30.5 Å². The number of piperidine rings is 1. The lowest BCUT2D eigenvalue weighted by atomic mass is 9.93. The molecule has 9 heteroatoms. The van der Waals surface area contributed by atoms with Crippen LogP contribution >= 0.6 is 11.6 Å². The lowest BCUT2D eigenvalue weighted by Crippen LogP contribution is -2.49. The van der Waals surface area contributed by atoms with Gasteiger partial charge in [-0.3, -0.25) is 0 Å². The van der Waals surface area contributed by atoms with Gasteiger partial charge in [-0.25, -0.2) is 14.2 Å². The molecule has 2 aromatic heterocycles. The Morgan fingerprint density at radius 1 is 1.23 bits per heavy atom. The maximum absolute atomic E-state index is 6.40. The minimum Gasteiger partial charge on any atom is -0.424 e. The Hall–Kier alpha value is -2.58. The molecule has 3 heterocycles. The van der Waals surface area contributed by atoms with Crippen molar-refractivity contribution in [1.82, 2.24) is 24.3 Å². The molecule has 158 valence electrons. The quantitative estimate of drug-likeness (QED) is 0.671. The molecular formula is C21H26ClN7O. The molecule has 1 aromatic carbocycles. The van der Waals surface area contributed by atoms with Gasteiger partial charge in [-0.2, -0.15) is 4.98 Å². The number of aromatic nitrogens is 5. The number of benzene rings is 1. The molecule has 5 rings (SSSR count). The predicted octanol–water partition coefficient (Wildman–Crippen LogP) is 3.41. The van der Waals surface area contributed by atoms with Crippen molar-refractivity contribution < 1.29 is 4.74 Å². The second-order valence-electron chi connectivity index (χ2n) is 8.18. The molecule has 8 nitrogen and oxygen atoms in total. The molecule has 1 aliphatic carbocycles. The van der Waals surface area contributed by atoms with Gasteiger partial charge in [0.05, 0.1) is 6.20 Å². The van der Waals surface area contributed by atoms with Crippen LogP contribution in [0.2, 0.25) is 5.02 Å². The second-order valence-corrected chi connectivity index (χ2v) is 8.62. The van der Waals surface area contributed by atoms with E-state index in [-0.39, 0.29) is 0 Å². The first kappa shape index (κ1) is 19.4. The number of anilines is 1. The summed E-state index contributed by atoms with van der Waals surface area (Å²) in [7, 11) is 0. The largest absolute Gasteiger partial charge is 0.424 e. The molecule has 0 spiro atoms. The average Bonchev–Trinajstić information content (AvgIpc) is 3.34. The lowest BCUT2D eigenvalue weighted by Gasteiger charge is -2.36. The molecule has 3 aromatic rings. The molecule has 30 heavy (non-hydrogen) atoms. The van der Waals surface area contributed by atoms with Crippen molar-refractivity contribution in [1.29, 1.82) is 0 Å². The van der Waals surface area contributed by atoms with Gasteiger partial charge in [-0.1, -0.05) is 17.7 Å². The number of hydrogen-bond donors (Lipinski definition) is 1. The fourth-order valence-electron chi connectivity index (χ4n) is 4.65. The number of fused-ring (bicyclic) bond motifs is 2. The summed E-state index contributed by atoms with van der Waals surface area (Å²) in [5.41, 5.74) is 7.38. The maximum atomic E-state index is 6.40. The van der Waals surface area contributed by atoms with Crippen LogP contribution in [0, 0.1) is 18.8 Å². The zero-order chi connectivity index (χ0) is 20.8. The Morgan fingerprint density at radius 2 is 2.00 bits per heavy atom. The summed E-state index contributed by atoms with van der Waals surface area (Å²) in [4.78, 5) is 11.7. The third-order valence-corrected chi connectivity index (χ3v) is 6.48. The summed E-state index contributed by atoms with van der Waals surface area (Å²) in [6.07, 6.45) is 4.26. The summed E-state index contributed by atoms with van der Waals surface area (Å²) >= 11 is 6.09. The number of rotatable bonds is 5. The molecule has 2 unspecified atom stereocenters. The van der Waals surface area contributed by atoms with E-state index in [0.717, 1.165) is 24.7 Å². The Kier molecular flexibility index (Phi) is 4.91. The average molecular weight is 428 g/mol. The van der Waals surface area contributed by atoms with Crippen LogP contribution < -0.4 is 15.4 Å². The Morgan fingerprint density at radius 3 is 2.70 bits per heavy atom. The zero-order valence-corrected chi connectivity index (χ0v) is 18.0. The highest BCUT2D eigenvalue weighted by Crippen LogP contribution is 2.37. The van der Waals surface area contributed by atoms with Gasteiger partial charge in [0.1, 0.15) is 5.75 Å². The third kappa shape index (κ3) is 3.33. The monoisotopic (exact) mass is 427 g/mol. The van der Waals surface area contributed by atoms with Crippen molar-refractivity contribution in [3.05, 3.63) is 41.2 Å². The minimum absolute atomic E-state index is 0.306. The van der Waals surface area contributed by atoms with E-state index in [9.17, 15) is 0 Å². The fraction of sp³-hybridized carbons (Fsp3) is 0.476. The summed E-state index contributed by atoms with van der Waals surface area (Å²) < 4.78 is 9.74.